The molecule has 116 valence electrons. The van der Waals surface area contributed by atoms with Crippen LogP contribution >= 0.6 is 0 Å². The summed E-state index contributed by atoms with van der Waals surface area (Å²) in [6, 6.07) is 1.34. The first-order valence-electron chi connectivity index (χ1n) is 8.36. The van der Waals surface area contributed by atoms with Gasteiger partial charge in [-0.2, -0.15) is 0 Å². The van der Waals surface area contributed by atoms with Crippen LogP contribution in [0.5, 0.6) is 0 Å². The van der Waals surface area contributed by atoms with E-state index in [-0.39, 0.29) is 0 Å². The Kier molecular flexibility index (Phi) is 7.02. The van der Waals surface area contributed by atoms with E-state index in [0.29, 0.717) is 6.04 Å². The first-order valence-corrected chi connectivity index (χ1v) is 8.36. The van der Waals surface area contributed by atoms with Gasteiger partial charge in [-0.1, -0.05) is 37.6 Å². The summed E-state index contributed by atoms with van der Waals surface area (Å²) >= 11 is 0. The summed E-state index contributed by atoms with van der Waals surface area (Å²) < 4.78 is 5.82. The highest BCUT2D eigenvalue weighted by Crippen LogP contribution is 2.27. The number of ether oxygens (including phenoxy) is 1. The molecule has 2 rings (SSSR count). The molecule has 2 saturated heterocycles. The number of rotatable bonds is 5. The van der Waals surface area contributed by atoms with Gasteiger partial charge in [0.2, 0.25) is 0 Å². The maximum absolute atomic E-state index is 5.82. The minimum Gasteiger partial charge on any atom is -0.380 e. The first kappa shape index (κ1) is 16.3. The van der Waals surface area contributed by atoms with Crippen molar-refractivity contribution < 1.29 is 4.74 Å². The summed E-state index contributed by atoms with van der Waals surface area (Å²) in [6.07, 6.45) is 16.0. The standard InChI is InChI=1S/C19H29NO/c1-3-5-9-17(8-4-2)12-14-20-18-10-6-7-11-19(20)16-21-15-13-18/h3,5,8-9,18-19H,2,6-7,10-16H2,1H3. The molecule has 2 heterocycles. The average molecular weight is 287 g/mol. The number of hydrogen-bond donors (Lipinski definition) is 0. The van der Waals surface area contributed by atoms with Crippen molar-refractivity contribution in [2.45, 2.75) is 57.5 Å². The summed E-state index contributed by atoms with van der Waals surface area (Å²) in [5, 5.41) is 0. The molecule has 0 aromatic heterocycles. The minimum absolute atomic E-state index is 0.621. The molecule has 2 unspecified atom stereocenters. The van der Waals surface area contributed by atoms with Gasteiger partial charge in [-0.15, -0.1) is 5.73 Å². The molecule has 0 saturated carbocycles. The van der Waals surface area contributed by atoms with Gasteiger partial charge in [0, 0.05) is 25.2 Å². The van der Waals surface area contributed by atoms with Crippen molar-refractivity contribution in [1.82, 2.24) is 4.90 Å². The maximum Gasteiger partial charge on any atom is 0.0621 e. The number of fused-ring (bicyclic) bond motifs is 2. The molecule has 2 heteroatoms. The van der Waals surface area contributed by atoms with E-state index in [1.165, 1.54) is 37.7 Å². The van der Waals surface area contributed by atoms with Crippen LogP contribution in [0.25, 0.3) is 0 Å². The molecular formula is C19H29NO. The third-order valence-corrected chi connectivity index (χ3v) is 4.62. The highest BCUT2D eigenvalue weighted by Gasteiger charge is 2.30. The fraction of sp³-hybridized carbons (Fsp3) is 0.632. The van der Waals surface area contributed by atoms with Crippen molar-refractivity contribution in [2.24, 2.45) is 0 Å². The summed E-state index contributed by atoms with van der Waals surface area (Å²) in [5.41, 5.74) is 4.23. The summed E-state index contributed by atoms with van der Waals surface area (Å²) in [7, 11) is 0. The van der Waals surface area contributed by atoms with Crippen LogP contribution < -0.4 is 0 Å². The predicted octanol–water partition coefficient (Wildman–Crippen LogP) is 4.25. The summed E-state index contributed by atoms with van der Waals surface area (Å²) in [5.74, 6) is 0. The van der Waals surface area contributed by atoms with E-state index in [9.17, 15) is 0 Å². The van der Waals surface area contributed by atoms with E-state index < -0.39 is 0 Å². The lowest BCUT2D eigenvalue weighted by molar-refractivity contribution is 0.0903. The molecule has 0 aromatic rings. The van der Waals surface area contributed by atoms with Crippen molar-refractivity contribution in [2.75, 3.05) is 19.8 Å². The van der Waals surface area contributed by atoms with E-state index in [4.69, 9.17) is 4.74 Å². The van der Waals surface area contributed by atoms with E-state index in [2.05, 4.69) is 35.4 Å². The highest BCUT2D eigenvalue weighted by atomic mass is 16.5. The van der Waals surface area contributed by atoms with Gasteiger partial charge in [0.1, 0.15) is 0 Å². The third kappa shape index (κ3) is 5.00. The zero-order valence-corrected chi connectivity index (χ0v) is 13.4. The molecule has 2 aliphatic rings. The van der Waals surface area contributed by atoms with Gasteiger partial charge in [0.25, 0.3) is 0 Å². The van der Waals surface area contributed by atoms with E-state index in [1.807, 2.05) is 13.0 Å². The maximum atomic E-state index is 5.82. The van der Waals surface area contributed by atoms with Crippen LogP contribution in [0, 0.1) is 0 Å². The van der Waals surface area contributed by atoms with Crippen LogP contribution in [-0.2, 0) is 4.74 Å². The Labute approximate surface area is 129 Å². The lowest BCUT2D eigenvalue weighted by Crippen LogP contribution is -2.43. The van der Waals surface area contributed by atoms with Gasteiger partial charge in [0.15, 0.2) is 0 Å². The fourth-order valence-corrected chi connectivity index (χ4v) is 3.50. The number of hydrogen-bond acceptors (Lipinski definition) is 2. The van der Waals surface area contributed by atoms with E-state index in [1.54, 1.807) is 0 Å². The normalized spacial score (nSPS) is 28.0. The SMILES string of the molecule is C=C=CC(=CC=CC)CCN1C2CCCCC1COCC2. The smallest absolute Gasteiger partial charge is 0.0621 e. The van der Waals surface area contributed by atoms with Crippen molar-refractivity contribution in [3.63, 3.8) is 0 Å². The quantitative estimate of drug-likeness (QED) is 0.553. The molecule has 0 amide bonds. The molecule has 0 aliphatic carbocycles. The van der Waals surface area contributed by atoms with E-state index >= 15 is 0 Å². The molecule has 0 N–H and O–H groups in total. The Morgan fingerprint density at radius 3 is 2.86 bits per heavy atom. The van der Waals surface area contributed by atoms with Crippen molar-refractivity contribution in [1.29, 1.82) is 0 Å². The lowest BCUT2D eigenvalue weighted by atomic mass is 10.1. The number of allylic oxidation sites excluding steroid dienone is 4. The van der Waals surface area contributed by atoms with E-state index in [0.717, 1.165) is 32.2 Å². The minimum atomic E-state index is 0.621. The largest absolute Gasteiger partial charge is 0.380 e. The predicted molar refractivity (Wildman–Crippen MR) is 89.4 cm³/mol. The van der Waals surface area contributed by atoms with Crippen molar-refractivity contribution >= 4 is 0 Å². The Balaban J connectivity index is 2.02. The van der Waals surface area contributed by atoms with Crippen LogP contribution in [0.4, 0.5) is 0 Å². The molecule has 0 radical (unpaired) electrons. The molecule has 0 aromatic carbocycles. The monoisotopic (exact) mass is 287 g/mol. The Bertz CT molecular complexity index is 389. The zero-order valence-electron chi connectivity index (χ0n) is 13.4. The van der Waals surface area contributed by atoms with Crippen LogP contribution in [0.2, 0.25) is 0 Å². The molecule has 2 nitrogen and oxygen atoms in total. The topological polar surface area (TPSA) is 12.5 Å². The lowest BCUT2D eigenvalue weighted by Gasteiger charge is -2.33. The van der Waals surface area contributed by atoms with Crippen LogP contribution in [0.15, 0.2) is 42.2 Å². The Morgan fingerprint density at radius 1 is 1.29 bits per heavy atom. The van der Waals surface area contributed by atoms with Gasteiger partial charge in [-0.05, 0) is 44.3 Å². The third-order valence-electron chi connectivity index (χ3n) is 4.62. The molecule has 21 heavy (non-hydrogen) atoms. The van der Waals surface area contributed by atoms with Crippen LogP contribution in [0.1, 0.15) is 45.4 Å². The molecule has 2 fully saturated rings. The Hall–Kier alpha value is -1.08. The Morgan fingerprint density at radius 2 is 2.10 bits per heavy atom. The highest BCUT2D eigenvalue weighted by molar-refractivity contribution is 5.23. The second kappa shape index (κ2) is 9.04. The van der Waals surface area contributed by atoms with Crippen molar-refractivity contribution in [3.8, 4) is 0 Å². The molecule has 0 spiro atoms. The fourth-order valence-electron chi connectivity index (χ4n) is 3.50. The second-order valence-electron chi connectivity index (χ2n) is 6.06. The van der Waals surface area contributed by atoms with Gasteiger partial charge in [0.05, 0.1) is 6.61 Å². The zero-order chi connectivity index (χ0) is 14.9. The molecule has 2 bridgehead atoms. The van der Waals surface area contributed by atoms with Crippen molar-refractivity contribution in [3.05, 3.63) is 42.2 Å². The van der Waals surface area contributed by atoms with Gasteiger partial charge >= 0.3 is 0 Å². The average Bonchev–Trinajstić information content (AvgIpc) is 2.81. The number of nitrogens with zero attached hydrogens (tertiary/aromatic N) is 1. The van der Waals surface area contributed by atoms with Crippen LogP contribution in [-0.4, -0.2) is 36.7 Å². The van der Waals surface area contributed by atoms with Gasteiger partial charge in [-0.3, -0.25) is 4.90 Å². The van der Waals surface area contributed by atoms with Gasteiger partial charge in [-0.25, -0.2) is 0 Å². The van der Waals surface area contributed by atoms with Crippen LogP contribution in [0.3, 0.4) is 0 Å². The van der Waals surface area contributed by atoms with Gasteiger partial charge < -0.3 is 4.74 Å². The second-order valence-corrected chi connectivity index (χ2v) is 6.06. The molecular weight excluding hydrogens is 258 g/mol. The molecule has 2 aliphatic heterocycles. The summed E-state index contributed by atoms with van der Waals surface area (Å²) in [4.78, 5) is 2.72. The summed E-state index contributed by atoms with van der Waals surface area (Å²) in [6.45, 7) is 8.74. The molecule has 2 atom stereocenters. The first-order chi connectivity index (χ1) is 10.3.